The molecule has 2 aliphatic heterocycles. The highest BCUT2D eigenvalue weighted by molar-refractivity contribution is 5.83. The van der Waals surface area contributed by atoms with E-state index in [9.17, 15) is 9.59 Å². The molecule has 1 saturated carbocycles. The van der Waals surface area contributed by atoms with Gasteiger partial charge in [0.05, 0.1) is 11.6 Å². The summed E-state index contributed by atoms with van der Waals surface area (Å²) < 4.78 is 0. The summed E-state index contributed by atoms with van der Waals surface area (Å²) in [4.78, 5) is 38.6. The van der Waals surface area contributed by atoms with Crippen LogP contribution in [0.5, 0.6) is 0 Å². The van der Waals surface area contributed by atoms with Crippen LogP contribution in [0, 0.1) is 6.92 Å². The first kappa shape index (κ1) is 22.3. The number of hydrogen-bond acceptors (Lipinski definition) is 4. The van der Waals surface area contributed by atoms with Crippen LogP contribution in [0.4, 0.5) is 0 Å². The molecule has 2 aromatic rings. The Morgan fingerprint density at radius 2 is 1.85 bits per heavy atom. The maximum absolute atomic E-state index is 13.2. The molecule has 2 atom stereocenters. The summed E-state index contributed by atoms with van der Waals surface area (Å²) in [7, 11) is 0. The van der Waals surface area contributed by atoms with Crippen molar-refractivity contribution < 1.29 is 4.79 Å². The molecule has 0 radical (unpaired) electrons. The maximum atomic E-state index is 13.2. The van der Waals surface area contributed by atoms with Crippen molar-refractivity contribution in [3.8, 4) is 0 Å². The Morgan fingerprint density at radius 1 is 1.09 bits per heavy atom. The lowest BCUT2D eigenvalue weighted by atomic mass is 9.92. The number of benzene rings is 1. The Morgan fingerprint density at radius 3 is 2.61 bits per heavy atom. The summed E-state index contributed by atoms with van der Waals surface area (Å²) >= 11 is 0. The van der Waals surface area contributed by atoms with Gasteiger partial charge >= 0.3 is 0 Å². The number of fused-ring (bicyclic) bond motifs is 1. The highest BCUT2D eigenvalue weighted by atomic mass is 16.2. The van der Waals surface area contributed by atoms with Gasteiger partial charge in [-0.1, -0.05) is 49.1 Å². The fourth-order valence-corrected chi connectivity index (χ4v) is 5.89. The van der Waals surface area contributed by atoms with Crippen molar-refractivity contribution in [2.75, 3.05) is 19.6 Å². The average molecular weight is 449 g/mol. The first-order valence-corrected chi connectivity index (χ1v) is 12.7. The number of hydrogen-bond donors (Lipinski definition) is 1. The third-order valence-corrected chi connectivity index (χ3v) is 8.05. The molecule has 33 heavy (non-hydrogen) atoms. The SMILES string of the molecule is Cc1ccc([C@H](C)C(=O)N2CC[C@H](c3nc4c(c(=O)[nH]3)CCN(C3CCCCC3)C4)C2)cc1. The van der Waals surface area contributed by atoms with E-state index in [-0.39, 0.29) is 23.3 Å². The van der Waals surface area contributed by atoms with Gasteiger partial charge in [-0.2, -0.15) is 0 Å². The highest BCUT2D eigenvalue weighted by Crippen LogP contribution is 2.30. The van der Waals surface area contributed by atoms with Crippen LogP contribution >= 0.6 is 0 Å². The third kappa shape index (κ3) is 4.63. The van der Waals surface area contributed by atoms with E-state index in [2.05, 4.69) is 28.9 Å². The van der Waals surface area contributed by atoms with Crippen molar-refractivity contribution in [2.45, 2.75) is 83.2 Å². The van der Waals surface area contributed by atoms with Gasteiger partial charge in [0.1, 0.15) is 5.82 Å². The Bertz CT molecular complexity index is 1050. The number of likely N-dealkylation sites (tertiary alicyclic amines) is 1. The topological polar surface area (TPSA) is 69.3 Å². The van der Waals surface area contributed by atoms with E-state index in [1.807, 2.05) is 24.0 Å². The van der Waals surface area contributed by atoms with Gasteiger partial charge < -0.3 is 9.88 Å². The molecule has 0 spiro atoms. The van der Waals surface area contributed by atoms with Gasteiger partial charge in [-0.3, -0.25) is 14.5 Å². The molecule has 1 amide bonds. The molecule has 0 bridgehead atoms. The monoisotopic (exact) mass is 448 g/mol. The molecule has 6 heteroatoms. The summed E-state index contributed by atoms with van der Waals surface area (Å²) in [5, 5.41) is 0. The number of carbonyl (C=O) groups excluding carboxylic acids is 1. The van der Waals surface area contributed by atoms with E-state index in [0.29, 0.717) is 19.1 Å². The van der Waals surface area contributed by atoms with Gasteiger partial charge in [-0.25, -0.2) is 4.98 Å². The predicted octanol–water partition coefficient (Wildman–Crippen LogP) is 3.89. The van der Waals surface area contributed by atoms with E-state index < -0.39 is 0 Å². The normalized spacial score (nSPS) is 22.8. The molecule has 6 nitrogen and oxygen atoms in total. The van der Waals surface area contributed by atoms with Gasteiger partial charge in [0.2, 0.25) is 5.91 Å². The molecule has 1 aromatic carbocycles. The molecule has 1 aliphatic carbocycles. The fourth-order valence-electron chi connectivity index (χ4n) is 5.89. The first-order chi connectivity index (χ1) is 16.0. The summed E-state index contributed by atoms with van der Waals surface area (Å²) in [6.45, 7) is 7.14. The number of rotatable bonds is 4. The molecule has 3 heterocycles. The molecular formula is C27H36N4O2. The van der Waals surface area contributed by atoms with Crippen LogP contribution in [0.3, 0.4) is 0 Å². The maximum Gasteiger partial charge on any atom is 0.254 e. The molecule has 1 aromatic heterocycles. The van der Waals surface area contributed by atoms with Crippen LogP contribution < -0.4 is 5.56 Å². The molecule has 176 valence electrons. The number of carbonyl (C=O) groups is 1. The summed E-state index contributed by atoms with van der Waals surface area (Å²) in [6, 6.07) is 8.85. The predicted molar refractivity (Wildman–Crippen MR) is 129 cm³/mol. The number of aromatic amines is 1. The van der Waals surface area contributed by atoms with E-state index >= 15 is 0 Å². The molecule has 5 rings (SSSR count). The summed E-state index contributed by atoms with van der Waals surface area (Å²) in [6.07, 6.45) is 8.15. The Kier molecular flexibility index (Phi) is 6.37. The minimum atomic E-state index is -0.163. The molecule has 3 aliphatic rings. The van der Waals surface area contributed by atoms with Gasteiger partial charge in [-0.05, 0) is 45.1 Å². The summed E-state index contributed by atoms with van der Waals surface area (Å²) in [5.74, 6) is 0.860. The zero-order valence-electron chi connectivity index (χ0n) is 20.0. The van der Waals surface area contributed by atoms with Gasteiger partial charge in [0.15, 0.2) is 0 Å². The number of H-pyrrole nitrogens is 1. The summed E-state index contributed by atoms with van der Waals surface area (Å²) in [5.41, 5.74) is 4.10. The number of nitrogens with zero attached hydrogens (tertiary/aromatic N) is 3. The van der Waals surface area contributed by atoms with Crippen molar-refractivity contribution in [3.05, 3.63) is 62.8 Å². The molecular weight excluding hydrogens is 412 g/mol. The number of amides is 1. The Balaban J connectivity index is 1.28. The van der Waals surface area contributed by atoms with Crippen LogP contribution in [0.2, 0.25) is 0 Å². The number of aryl methyl sites for hydroxylation is 1. The zero-order chi connectivity index (χ0) is 22.9. The van der Waals surface area contributed by atoms with E-state index in [4.69, 9.17) is 4.98 Å². The van der Waals surface area contributed by atoms with E-state index in [1.54, 1.807) is 0 Å². The van der Waals surface area contributed by atoms with Crippen LogP contribution in [0.25, 0.3) is 0 Å². The number of aromatic nitrogens is 2. The Hall–Kier alpha value is -2.47. The van der Waals surface area contributed by atoms with Crippen molar-refractivity contribution >= 4 is 5.91 Å². The fraction of sp³-hybridized carbons (Fsp3) is 0.593. The Labute approximate surface area is 196 Å². The molecule has 0 unspecified atom stereocenters. The van der Waals surface area contributed by atoms with Crippen molar-refractivity contribution in [1.29, 1.82) is 0 Å². The lowest BCUT2D eigenvalue weighted by molar-refractivity contribution is -0.131. The van der Waals surface area contributed by atoms with Gasteiger partial charge in [0, 0.05) is 43.7 Å². The molecule has 2 fully saturated rings. The third-order valence-electron chi connectivity index (χ3n) is 8.05. The van der Waals surface area contributed by atoms with Crippen molar-refractivity contribution in [3.63, 3.8) is 0 Å². The minimum absolute atomic E-state index is 0.0242. The molecule has 1 saturated heterocycles. The van der Waals surface area contributed by atoms with Crippen LogP contribution in [-0.2, 0) is 17.8 Å². The largest absolute Gasteiger partial charge is 0.341 e. The average Bonchev–Trinajstić information content (AvgIpc) is 3.34. The zero-order valence-corrected chi connectivity index (χ0v) is 20.0. The van der Waals surface area contributed by atoms with Crippen LogP contribution in [-0.4, -0.2) is 51.4 Å². The first-order valence-electron chi connectivity index (χ1n) is 12.7. The quantitative estimate of drug-likeness (QED) is 0.771. The van der Waals surface area contributed by atoms with E-state index in [0.717, 1.165) is 48.6 Å². The van der Waals surface area contributed by atoms with Crippen molar-refractivity contribution in [2.24, 2.45) is 0 Å². The smallest absolute Gasteiger partial charge is 0.254 e. The lowest BCUT2D eigenvalue weighted by Crippen LogP contribution is -2.42. The second kappa shape index (κ2) is 9.41. The van der Waals surface area contributed by atoms with Crippen molar-refractivity contribution in [1.82, 2.24) is 19.8 Å². The lowest BCUT2D eigenvalue weighted by Gasteiger charge is -2.37. The second-order valence-electron chi connectivity index (χ2n) is 10.3. The minimum Gasteiger partial charge on any atom is -0.341 e. The standard InChI is InChI=1S/C27H36N4O2/c1-18-8-10-20(11-9-18)19(2)27(33)31-14-12-21(16-31)25-28-24-17-30(22-6-4-3-5-7-22)15-13-23(24)26(32)29-25/h8-11,19,21-22H,3-7,12-17H2,1-2H3,(H,28,29,32)/t19-,21-/m0/s1. The highest BCUT2D eigenvalue weighted by Gasteiger charge is 2.33. The van der Waals surface area contributed by atoms with Crippen LogP contribution in [0.15, 0.2) is 29.1 Å². The number of nitrogens with one attached hydrogen (secondary N) is 1. The van der Waals surface area contributed by atoms with Gasteiger partial charge in [-0.15, -0.1) is 0 Å². The van der Waals surface area contributed by atoms with Gasteiger partial charge in [0.25, 0.3) is 5.56 Å². The van der Waals surface area contributed by atoms with E-state index in [1.165, 1.54) is 37.7 Å². The van der Waals surface area contributed by atoms with Crippen LogP contribution in [0.1, 0.15) is 85.5 Å². The second-order valence-corrected chi connectivity index (χ2v) is 10.3. The molecule has 1 N–H and O–H groups in total.